The van der Waals surface area contributed by atoms with E-state index < -0.39 is 0 Å². The molecule has 0 aliphatic rings. The molecule has 2 aromatic rings. The summed E-state index contributed by atoms with van der Waals surface area (Å²) in [5, 5.41) is 2.90. The molecule has 0 saturated carbocycles. The maximum atomic E-state index is 11.9. The molecule has 1 aromatic heterocycles. The first-order chi connectivity index (χ1) is 8.72. The summed E-state index contributed by atoms with van der Waals surface area (Å²) in [6, 6.07) is 11.2. The highest BCUT2D eigenvalue weighted by atomic mass is 16.3. The van der Waals surface area contributed by atoms with Crippen molar-refractivity contribution in [1.82, 2.24) is 0 Å². The number of rotatable bonds is 4. The fraction of sp³-hybridized carbons (Fsp3) is 0.267. The molecule has 94 valence electrons. The number of nitrogens with one attached hydrogen (secondary N) is 1. The second kappa shape index (κ2) is 5.54. The van der Waals surface area contributed by atoms with Gasteiger partial charge < -0.3 is 9.73 Å². The van der Waals surface area contributed by atoms with E-state index in [0.717, 1.165) is 17.7 Å². The van der Waals surface area contributed by atoms with Crippen LogP contribution in [-0.4, -0.2) is 5.91 Å². The lowest BCUT2D eigenvalue weighted by molar-refractivity contribution is 0.0996. The minimum absolute atomic E-state index is 0.212. The fourth-order valence-corrected chi connectivity index (χ4v) is 1.85. The molecule has 1 heterocycles. The van der Waals surface area contributed by atoms with Gasteiger partial charge in [-0.05, 0) is 36.1 Å². The minimum atomic E-state index is -0.212. The first-order valence-electron chi connectivity index (χ1n) is 6.16. The van der Waals surface area contributed by atoms with E-state index in [2.05, 4.69) is 19.2 Å². The third-order valence-corrected chi connectivity index (χ3v) is 3.10. The topological polar surface area (TPSA) is 42.2 Å². The highest BCUT2D eigenvalue weighted by Crippen LogP contribution is 2.26. The normalized spacial score (nSPS) is 12.1. The van der Waals surface area contributed by atoms with Gasteiger partial charge in [0, 0.05) is 5.69 Å². The van der Waals surface area contributed by atoms with Crippen LogP contribution in [0.25, 0.3) is 0 Å². The molecular weight excluding hydrogens is 226 g/mol. The van der Waals surface area contributed by atoms with Crippen LogP contribution in [0.4, 0.5) is 5.69 Å². The molecule has 0 aliphatic heterocycles. The first-order valence-corrected chi connectivity index (χ1v) is 6.16. The molecule has 3 nitrogen and oxygen atoms in total. The predicted octanol–water partition coefficient (Wildman–Crippen LogP) is 4.05. The van der Waals surface area contributed by atoms with Crippen molar-refractivity contribution in [1.29, 1.82) is 0 Å². The van der Waals surface area contributed by atoms with Gasteiger partial charge >= 0.3 is 0 Å². The molecule has 0 radical (unpaired) electrons. The quantitative estimate of drug-likeness (QED) is 0.880. The number of furan rings is 1. The summed E-state index contributed by atoms with van der Waals surface area (Å²) in [5.41, 5.74) is 2.01. The smallest absolute Gasteiger partial charge is 0.291 e. The lowest BCUT2D eigenvalue weighted by Gasteiger charge is -2.14. The third kappa shape index (κ3) is 2.62. The van der Waals surface area contributed by atoms with Crippen LogP contribution in [0.1, 0.15) is 42.3 Å². The molecular formula is C15H17NO2. The molecule has 1 unspecified atom stereocenters. The van der Waals surface area contributed by atoms with Gasteiger partial charge in [-0.15, -0.1) is 0 Å². The zero-order valence-electron chi connectivity index (χ0n) is 10.6. The highest BCUT2D eigenvalue weighted by Gasteiger charge is 2.13. The second-order valence-electron chi connectivity index (χ2n) is 4.33. The van der Waals surface area contributed by atoms with E-state index in [4.69, 9.17) is 4.42 Å². The second-order valence-corrected chi connectivity index (χ2v) is 4.33. The summed E-state index contributed by atoms with van der Waals surface area (Å²) < 4.78 is 5.08. The molecule has 1 aromatic carbocycles. The Kier molecular flexibility index (Phi) is 3.82. The minimum Gasteiger partial charge on any atom is -0.459 e. The zero-order chi connectivity index (χ0) is 13.0. The van der Waals surface area contributed by atoms with Crippen LogP contribution in [0.2, 0.25) is 0 Å². The van der Waals surface area contributed by atoms with Gasteiger partial charge in [-0.25, -0.2) is 0 Å². The molecule has 0 bridgehead atoms. The van der Waals surface area contributed by atoms with E-state index in [-0.39, 0.29) is 5.91 Å². The number of para-hydroxylation sites is 1. The van der Waals surface area contributed by atoms with Gasteiger partial charge in [0.05, 0.1) is 6.26 Å². The fourth-order valence-electron chi connectivity index (χ4n) is 1.85. The number of amides is 1. The molecule has 2 rings (SSSR count). The zero-order valence-corrected chi connectivity index (χ0v) is 10.6. The van der Waals surface area contributed by atoms with Gasteiger partial charge in [-0.3, -0.25) is 4.79 Å². The van der Waals surface area contributed by atoms with E-state index >= 15 is 0 Å². The van der Waals surface area contributed by atoms with E-state index in [0.29, 0.717) is 11.7 Å². The van der Waals surface area contributed by atoms with Gasteiger partial charge in [-0.2, -0.15) is 0 Å². The van der Waals surface area contributed by atoms with Crippen molar-refractivity contribution in [3.8, 4) is 0 Å². The summed E-state index contributed by atoms with van der Waals surface area (Å²) in [6.07, 6.45) is 2.53. The maximum absolute atomic E-state index is 11.9. The Morgan fingerprint density at radius 1 is 1.28 bits per heavy atom. The molecule has 18 heavy (non-hydrogen) atoms. The molecule has 3 heteroatoms. The Morgan fingerprint density at radius 3 is 2.72 bits per heavy atom. The van der Waals surface area contributed by atoms with Crippen LogP contribution < -0.4 is 5.32 Å². The number of carbonyl (C=O) groups excluding carboxylic acids is 1. The van der Waals surface area contributed by atoms with Crippen LogP contribution in [0.15, 0.2) is 47.1 Å². The van der Waals surface area contributed by atoms with Crippen LogP contribution in [0, 0.1) is 0 Å². The van der Waals surface area contributed by atoms with Gasteiger partial charge in [0.1, 0.15) is 0 Å². The Balaban J connectivity index is 2.21. The van der Waals surface area contributed by atoms with Crippen LogP contribution >= 0.6 is 0 Å². The number of anilines is 1. The molecule has 0 spiro atoms. The molecule has 1 atom stereocenters. The van der Waals surface area contributed by atoms with E-state index in [9.17, 15) is 4.79 Å². The van der Waals surface area contributed by atoms with Gasteiger partial charge in [-0.1, -0.05) is 32.0 Å². The number of carbonyl (C=O) groups is 1. The molecule has 0 aliphatic carbocycles. The van der Waals surface area contributed by atoms with Crippen molar-refractivity contribution in [3.63, 3.8) is 0 Å². The Morgan fingerprint density at radius 2 is 2.06 bits per heavy atom. The summed E-state index contributed by atoms with van der Waals surface area (Å²) >= 11 is 0. The predicted molar refractivity (Wildman–Crippen MR) is 71.8 cm³/mol. The summed E-state index contributed by atoms with van der Waals surface area (Å²) in [7, 11) is 0. The van der Waals surface area contributed by atoms with Crippen molar-refractivity contribution in [2.24, 2.45) is 0 Å². The average Bonchev–Trinajstić information content (AvgIpc) is 2.92. The van der Waals surface area contributed by atoms with Crippen LogP contribution in [0.5, 0.6) is 0 Å². The molecule has 1 amide bonds. The largest absolute Gasteiger partial charge is 0.459 e. The van der Waals surface area contributed by atoms with Crippen molar-refractivity contribution in [2.75, 3.05) is 5.32 Å². The Bertz CT molecular complexity index is 517. The van der Waals surface area contributed by atoms with Crippen molar-refractivity contribution >= 4 is 11.6 Å². The summed E-state index contributed by atoms with van der Waals surface area (Å²) in [6.45, 7) is 4.29. The van der Waals surface area contributed by atoms with Crippen molar-refractivity contribution in [2.45, 2.75) is 26.2 Å². The number of hydrogen-bond acceptors (Lipinski definition) is 2. The van der Waals surface area contributed by atoms with Crippen molar-refractivity contribution < 1.29 is 9.21 Å². The van der Waals surface area contributed by atoms with E-state index in [1.54, 1.807) is 12.1 Å². The van der Waals surface area contributed by atoms with E-state index in [1.165, 1.54) is 6.26 Å². The SMILES string of the molecule is CCC(C)c1ccccc1NC(=O)c1ccco1. The van der Waals surface area contributed by atoms with Gasteiger partial charge in [0.25, 0.3) is 5.91 Å². The van der Waals surface area contributed by atoms with E-state index in [1.807, 2.05) is 24.3 Å². The number of hydrogen-bond donors (Lipinski definition) is 1. The number of benzene rings is 1. The van der Waals surface area contributed by atoms with Crippen LogP contribution in [-0.2, 0) is 0 Å². The lowest BCUT2D eigenvalue weighted by Crippen LogP contribution is -2.13. The summed E-state index contributed by atoms with van der Waals surface area (Å²) in [5.74, 6) is 0.530. The maximum Gasteiger partial charge on any atom is 0.291 e. The molecule has 0 saturated heterocycles. The van der Waals surface area contributed by atoms with Gasteiger partial charge in [0.2, 0.25) is 0 Å². The average molecular weight is 243 g/mol. The molecule has 1 N–H and O–H groups in total. The Hall–Kier alpha value is -2.03. The van der Waals surface area contributed by atoms with Crippen LogP contribution in [0.3, 0.4) is 0 Å². The summed E-state index contributed by atoms with van der Waals surface area (Å²) in [4.78, 5) is 11.9. The standard InChI is InChI=1S/C15H17NO2/c1-3-11(2)12-7-4-5-8-13(12)16-15(17)14-9-6-10-18-14/h4-11H,3H2,1-2H3,(H,16,17). The first kappa shape index (κ1) is 12.4. The highest BCUT2D eigenvalue weighted by molar-refractivity contribution is 6.02. The lowest BCUT2D eigenvalue weighted by atomic mass is 9.97. The molecule has 0 fully saturated rings. The monoisotopic (exact) mass is 243 g/mol. The van der Waals surface area contributed by atoms with Crippen molar-refractivity contribution in [3.05, 3.63) is 54.0 Å². The van der Waals surface area contributed by atoms with Gasteiger partial charge in [0.15, 0.2) is 5.76 Å². The third-order valence-electron chi connectivity index (χ3n) is 3.10. The Labute approximate surface area is 107 Å².